The number of nitrogen functional groups attached to an aromatic ring is 1. The van der Waals surface area contributed by atoms with Crippen LogP contribution in [0, 0.1) is 10.1 Å². The molecule has 9 nitrogen and oxygen atoms in total. The number of nitro groups is 1. The van der Waals surface area contributed by atoms with Crippen molar-refractivity contribution in [3.63, 3.8) is 0 Å². The number of nitrogens with two attached hydrogens (primary N) is 2. The van der Waals surface area contributed by atoms with Crippen molar-refractivity contribution in [1.29, 1.82) is 0 Å². The van der Waals surface area contributed by atoms with Crippen LogP contribution in [0.25, 0.3) is 0 Å². The lowest BCUT2D eigenvalue weighted by atomic mass is 10.3. The molecule has 1 amide bonds. The summed E-state index contributed by atoms with van der Waals surface area (Å²) >= 11 is 0. The second kappa shape index (κ2) is 4.38. The molecule has 9 heteroatoms. The Labute approximate surface area is 90.0 Å². The van der Waals surface area contributed by atoms with Crippen molar-refractivity contribution in [2.24, 2.45) is 5.73 Å². The van der Waals surface area contributed by atoms with Crippen LogP contribution in [-0.4, -0.2) is 26.8 Å². The Balaban J connectivity index is 3.05. The summed E-state index contributed by atoms with van der Waals surface area (Å²) in [5.41, 5.74) is 9.91. The van der Waals surface area contributed by atoms with Crippen molar-refractivity contribution in [2.75, 3.05) is 11.1 Å². The predicted octanol–water partition coefficient (Wildman–Crippen LogP) is -0.747. The number of rotatable bonds is 4. The quantitative estimate of drug-likeness (QED) is 0.451. The van der Waals surface area contributed by atoms with E-state index in [4.69, 9.17) is 11.5 Å². The predicted molar refractivity (Wildman–Crippen MR) is 55.4 cm³/mol. The van der Waals surface area contributed by atoms with E-state index >= 15 is 0 Å². The fourth-order valence-electron chi connectivity index (χ4n) is 0.905. The molecule has 0 radical (unpaired) electrons. The second-order valence-electron chi connectivity index (χ2n) is 2.99. The maximum Gasteiger partial charge on any atom is 0.329 e. The third kappa shape index (κ3) is 2.53. The Morgan fingerprint density at radius 2 is 2.31 bits per heavy atom. The van der Waals surface area contributed by atoms with Gasteiger partial charge in [0.1, 0.15) is 12.2 Å². The molecule has 0 spiro atoms. The molecule has 0 aliphatic rings. The zero-order valence-corrected chi connectivity index (χ0v) is 8.38. The third-order valence-electron chi connectivity index (χ3n) is 1.76. The van der Waals surface area contributed by atoms with Gasteiger partial charge < -0.3 is 16.8 Å². The SMILES string of the molecule is CC(Nc1nc(N)ncc1[N+](=O)[O-])C(N)=O. The molecule has 1 atom stereocenters. The molecule has 1 unspecified atom stereocenters. The highest BCUT2D eigenvalue weighted by atomic mass is 16.6. The molecule has 0 aliphatic heterocycles. The van der Waals surface area contributed by atoms with E-state index in [9.17, 15) is 14.9 Å². The maximum absolute atomic E-state index is 10.8. The average Bonchev–Trinajstić information content (AvgIpc) is 2.16. The molecular formula is C7H10N6O3. The molecule has 86 valence electrons. The van der Waals surface area contributed by atoms with Gasteiger partial charge in [-0.2, -0.15) is 4.98 Å². The van der Waals surface area contributed by atoms with E-state index in [0.29, 0.717) is 0 Å². The topological polar surface area (TPSA) is 150 Å². The number of primary amides is 1. The van der Waals surface area contributed by atoms with Gasteiger partial charge in [0.15, 0.2) is 0 Å². The van der Waals surface area contributed by atoms with E-state index < -0.39 is 16.9 Å². The van der Waals surface area contributed by atoms with Gasteiger partial charge in [0.25, 0.3) is 0 Å². The number of aromatic nitrogens is 2. The summed E-state index contributed by atoms with van der Waals surface area (Å²) in [5.74, 6) is -0.931. The molecule has 0 saturated carbocycles. The molecule has 1 rings (SSSR count). The van der Waals surface area contributed by atoms with E-state index in [1.165, 1.54) is 6.92 Å². The van der Waals surface area contributed by atoms with E-state index in [2.05, 4.69) is 15.3 Å². The number of nitrogens with zero attached hydrogens (tertiary/aromatic N) is 3. The van der Waals surface area contributed by atoms with Gasteiger partial charge in [-0.05, 0) is 6.92 Å². The lowest BCUT2D eigenvalue weighted by molar-refractivity contribution is -0.384. The normalized spacial score (nSPS) is 11.8. The number of amides is 1. The lowest BCUT2D eigenvalue weighted by Crippen LogP contribution is -2.33. The summed E-state index contributed by atoms with van der Waals surface area (Å²) < 4.78 is 0. The highest BCUT2D eigenvalue weighted by molar-refractivity contribution is 5.82. The number of hydrogen-bond acceptors (Lipinski definition) is 7. The largest absolute Gasteiger partial charge is 0.368 e. The van der Waals surface area contributed by atoms with Crippen molar-refractivity contribution in [3.05, 3.63) is 16.3 Å². The lowest BCUT2D eigenvalue weighted by Gasteiger charge is -2.10. The molecule has 5 N–H and O–H groups in total. The first-order valence-corrected chi connectivity index (χ1v) is 4.24. The van der Waals surface area contributed by atoms with Gasteiger partial charge in [-0.25, -0.2) is 4.98 Å². The van der Waals surface area contributed by atoms with Crippen molar-refractivity contribution < 1.29 is 9.72 Å². The highest BCUT2D eigenvalue weighted by Crippen LogP contribution is 2.21. The molecule has 16 heavy (non-hydrogen) atoms. The van der Waals surface area contributed by atoms with Crippen LogP contribution >= 0.6 is 0 Å². The smallest absolute Gasteiger partial charge is 0.329 e. The zero-order chi connectivity index (χ0) is 12.3. The van der Waals surface area contributed by atoms with E-state index in [-0.39, 0.29) is 17.5 Å². The van der Waals surface area contributed by atoms with Gasteiger partial charge >= 0.3 is 5.69 Å². The van der Waals surface area contributed by atoms with Gasteiger partial charge in [0.2, 0.25) is 17.7 Å². The fraction of sp³-hybridized carbons (Fsp3) is 0.286. The highest BCUT2D eigenvalue weighted by Gasteiger charge is 2.19. The van der Waals surface area contributed by atoms with Gasteiger partial charge in [-0.1, -0.05) is 0 Å². The summed E-state index contributed by atoms with van der Waals surface area (Å²) in [6.45, 7) is 1.45. The van der Waals surface area contributed by atoms with Gasteiger partial charge in [-0.3, -0.25) is 14.9 Å². The zero-order valence-electron chi connectivity index (χ0n) is 8.38. The Morgan fingerprint density at radius 3 is 2.81 bits per heavy atom. The molecule has 1 aromatic rings. The molecule has 0 aliphatic carbocycles. The van der Waals surface area contributed by atoms with Crippen molar-refractivity contribution in [2.45, 2.75) is 13.0 Å². The summed E-state index contributed by atoms with van der Waals surface area (Å²) in [6.07, 6.45) is 0.957. The minimum atomic E-state index is -0.798. The van der Waals surface area contributed by atoms with Crippen LogP contribution in [0.2, 0.25) is 0 Å². The minimum absolute atomic E-state index is 0.134. The van der Waals surface area contributed by atoms with Crippen molar-refractivity contribution >= 4 is 23.4 Å². The van der Waals surface area contributed by atoms with Crippen LogP contribution in [-0.2, 0) is 4.79 Å². The monoisotopic (exact) mass is 226 g/mol. The first-order valence-electron chi connectivity index (χ1n) is 4.24. The van der Waals surface area contributed by atoms with Gasteiger partial charge in [0.05, 0.1) is 4.92 Å². The molecule has 0 saturated heterocycles. The average molecular weight is 226 g/mol. The number of carbonyl (C=O) groups excluding carboxylic acids is 1. The Morgan fingerprint density at radius 1 is 1.69 bits per heavy atom. The van der Waals surface area contributed by atoms with Crippen molar-refractivity contribution in [1.82, 2.24) is 9.97 Å². The number of carbonyl (C=O) groups is 1. The number of nitrogens with one attached hydrogen (secondary N) is 1. The summed E-state index contributed by atoms with van der Waals surface area (Å²) in [4.78, 5) is 27.8. The third-order valence-corrected chi connectivity index (χ3v) is 1.76. The van der Waals surface area contributed by atoms with Crippen LogP contribution in [0.3, 0.4) is 0 Å². The van der Waals surface area contributed by atoms with Crippen molar-refractivity contribution in [3.8, 4) is 0 Å². The fourth-order valence-corrected chi connectivity index (χ4v) is 0.905. The van der Waals surface area contributed by atoms with Crippen LogP contribution < -0.4 is 16.8 Å². The van der Waals surface area contributed by atoms with Gasteiger partial charge in [-0.15, -0.1) is 0 Å². The Kier molecular flexibility index (Phi) is 3.18. The molecule has 1 heterocycles. The van der Waals surface area contributed by atoms with Crippen LogP contribution in [0.4, 0.5) is 17.5 Å². The molecule has 1 aromatic heterocycles. The summed E-state index contributed by atoms with van der Waals surface area (Å²) in [6, 6.07) is -0.798. The van der Waals surface area contributed by atoms with Crippen LogP contribution in [0.15, 0.2) is 6.20 Å². The first kappa shape index (κ1) is 11.6. The van der Waals surface area contributed by atoms with Gasteiger partial charge in [0, 0.05) is 0 Å². The molecular weight excluding hydrogens is 216 g/mol. The Bertz CT molecular complexity index is 434. The minimum Gasteiger partial charge on any atom is -0.368 e. The second-order valence-corrected chi connectivity index (χ2v) is 2.99. The number of anilines is 2. The Hall–Kier alpha value is -2.45. The summed E-state index contributed by atoms with van der Waals surface area (Å²) in [7, 11) is 0. The van der Waals surface area contributed by atoms with E-state index in [1.807, 2.05) is 0 Å². The van der Waals surface area contributed by atoms with Crippen LogP contribution in [0.5, 0.6) is 0 Å². The molecule has 0 bridgehead atoms. The number of hydrogen-bond donors (Lipinski definition) is 3. The molecule has 0 aromatic carbocycles. The standard InChI is InChI=1S/C7H10N6O3/c1-3(5(8)14)11-6-4(13(15)16)2-10-7(9)12-6/h2-3H,1H3,(H2,8,14)(H3,9,10,11,12). The summed E-state index contributed by atoms with van der Waals surface area (Å²) in [5, 5.41) is 13.1. The van der Waals surface area contributed by atoms with Crippen LogP contribution in [0.1, 0.15) is 6.92 Å². The van der Waals surface area contributed by atoms with E-state index in [1.54, 1.807) is 0 Å². The first-order chi connectivity index (χ1) is 7.41. The maximum atomic E-state index is 10.8. The molecule has 0 fully saturated rings. The van der Waals surface area contributed by atoms with E-state index in [0.717, 1.165) is 6.20 Å².